The van der Waals surface area contributed by atoms with Crippen LogP contribution in [-0.2, 0) is 18.6 Å². The summed E-state index contributed by atoms with van der Waals surface area (Å²) in [6.07, 6.45) is 1.01. The Labute approximate surface area is 97.1 Å². The van der Waals surface area contributed by atoms with Crippen LogP contribution in [-0.4, -0.2) is 28.6 Å². The number of aryl methyl sites for hydroxylation is 1. The molecule has 1 aromatic rings. The van der Waals surface area contributed by atoms with Crippen LogP contribution in [0.25, 0.3) is 0 Å². The van der Waals surface area contributed by atoms with Gasteiger partial charge in [0.1, 0.15) is 0 Å². The molecule has 0 spiro atoms. The van der Waals surface area contributed by atoms with Gasteiger partial charge < -0.3 is 10.0 Å². The second-order valence-electron chi connectivity index (χ2n) is 5.27. The van der Waals surface area contributed by atoms with Crippen LogP contribution < -0.4 is 0 Å². The summed E-state index contributed by atoms with van der Waals surface area (Å²) >= 11 is 0. The van der Waals surface area contributed by atoms with Gasteiger partial charge in [0.15, 0.2) is 0 Å². The van der Waals surface area contributed by atoms with E-state index in [9.17, 15) is 5.11 Å². The summed E-state index contributed by atoms with van der Waals surface area (Å²) in [7, 11) is 2.12. The molecule has 1 N–H and O–H groups in total. The Balaban J connectivity index is 2.47. The lowest BCUT2D eigenvalue weighted by molar-refractivity contribution is 0.0772. The molecule has 2 rings (SSSR count). The predicted octanol–water partition coefficient (Wildman–Crippen LogP) is 1.61. The Morgan fingerprint density at radius 1 is 1.44 bits per heavy atom. The highest BCUT2D eigenvalue weighted by Crippen LogP contribution is 2.26. The highest BCUT2D eigenvalue weighted by atomic mass is 16.3. The molecule has 0 radical (unpaired) electrons. The molecule has 0 fully saturated rings. The molecule has 0 bridgehead atoms. The van der Waals surface area contributed by atoms with Crippen molar-refractivity contribution in [1.29, 1.82) is 0 Å². The third-order valence-corrected chi connectivity index (χ3v) is 3.21. The van der Waals surface area contributed by atoms with E-state index in [1.54, 1.807) is 0 Å². The van der Waals surface area contributed by atoms with Gasteiger partial charge in [-0.25, -0.2) is 0 Å². The fraction of sp³-hybridized carbons (Fsp3) is 0.615. The summed E-state index contributed by atoms with van der Waals surface area (Å²) in [6.45, 7) is 7.62. The van der Waals surface area contributed by atoms with Gasteiger partial charge >= 0.3 is 0 Å². The quantitative estimate of drug-likeness (QED) is 0.781. The zero-order chi connectivity index (χ0) is 11.9. The lowest BCUT2D eigenvalue weighted by atomic mass is 9.93. The molecular formula is C13H20N2O. The van der Waals surface area contributed by atoms with Crippen molar-refractivity contribution in [3.8, 4) is 0 Å². The van der Waals surface area contributed by atoms with E-state index in [1.165, 1.54) is 11.3 Å². The van der Waals surface area contributed by atoms with Crippen LogP contribution in [0, 0.1) is 6.92 Å². The highest BCUT2D eigenvalue weighted by Gasteiger charge is 2.23. The zero-order valence-electron chi connectivity index (χ0n) is 10.5. The van der Waals surface area contributed by atoms with Gasteiger partial charge in [-0.2, -0.15) is 0 Å². The maximum atomic E-state index is 10.1. The molecule has 1 aliphatic rings. The van der Waals surface area contributed by atoms with Crippen molar-refractivity contribution in [3.63, 3.8) is 0 Å². The summed E-state index contributed by atoms with van der Waals surface area (Å²) in [5, 5.41) is 10.1. The molecule has 0 unspecified atom stereocenters. The fourth-order valence-corrected chi connectivity index (χ4v) is 2.34. The number of nitrogens with zero attached hydrogens (tertiary/aromatic N) is 2. The van der Waals surface area contributed by atoms with Crippen molar-refractivity contribution in [2.24, 2.45) is 0 Å². The number of rotatable bonds is 1. The molecule has 88 valence electrons. The van der Waals surface area contributed by atoms with Gasteiger partial charge in [-0.3, -0.25) is 4.98 Å². The first-order valence-corrected chi connectivity index (χ1v) is 5.78. The van der Waals surface area contributed by atoms with Crippen LogP contribution in [0.3, 0.4) is 0 Å². The Kier molecular flexibility index (Phi) is 2.76. The minimum absolute atomic E-state index is 0.803. The van der Waals surface area contributed by atoms with E-state index in [0.29, 0.717) is 0 Å². The number of hydrogen-bond acceptors (Lipinski definition) is 3. The van der Waals surface area contributed by atoms with Gasteiger partial charge in [0, 0.05) is 36.5 Å². The van der Waals surface area contributed by atoms with Gasteiger partial charge in [0.2, 0.25) is 0 Å². The predicted molar refractivity (Wildman–Crippen MR) is 64.3 cm³/mol. The topological polar surface area (TPSA) is 36.4 Å². The summed E-state index contributed by atoms with van der Waals surface area (Å²) in [5.41, 5.74) is 3.56. The molecule has 1 aliphatic heterocycles. The van der Waals surface area contributed by atoms with Gasteiger partial charge in [-0.05, 0) is 39.4 Å². The number of likely N-dealkylation sites (N-methyl/N-ethyl adjacent to an activating group) is 1. The first-order valence-electron chi connectivity index (χ1n) is 5.78. The second-order valence-corrected chi connectivity index (χ2v) is 5.27. The lowest BCUT2D eigenvalue weighted by Gasteiger charge is -2.28. The monoisotopic (exact) mass is 220 g/mol. The van der Waals surface area contributed by atoms with Gasteiger partial charge in [-0.1, -0.05) is 0 Å². The fourth-order valence-electron chi connectivity index (χ4n) is 2.34. The molecule has 0 atom stereocenters. The first-order chi connectivity index (χ1) is 7.38. The number of fused-ring (bicyclic) bond motifs is 1. The third kappa shape index (κ3) is 2.11. The first kappa shape index (κ1) is 11.6. The molecule has 0 amide bonds. The van der Waals surface area contributed by atoms with Crippen LogP contribution in [0.4, 0.5) is 0 Å². The molecule has 0 aromatic carbocycles. The van der Waals surface area contributed by atoms with E-state index < -0.39 is 5.60 Å². The SMILES string of the molecule is Cc1nc2c(cc1C(C)(C)O)CN(C)CC2. The van der Waals surface area contributed by atoms with Crippen molar-refractivity contribution < 1.29 is 5.11 Å². The third-order valence-electron chi connectivity index (χ3n) is 3.21. The van der Waals surface area contributed by atoms with Crippen molar-refractivity contribution >= 4 is 0 Å². The summed E-state index contributed by atoms with van der Waals surface area (Å²) in [5.74, 6) is 0. The number of hydrogen-bond donors (Lipinski definition) is 1. The van der Waals surface area contributed by atoms with Crippen LogP contribution in [0.5, 0.6) is 0 Å². The minimum Gasteiger partial charge on any atom is -0.386 e. The maximum absolute atomic E-state index is 10.1. The van der Waals surface area contributed by atoms with E-state index in [4.69, 9.17) is 0 Å². The molecule has 16 heavy (non-hydrogen) atoms. The molecule has 1 aromatic heterocycles. The van der Waals surface area contributed by atoms with Crippen molar-refractivity contribution in [1.82, 2.24) is 9.88 Å². The highest BCUT2D eigenvalue weighted by molar-refractivity contribution is 5.34. The van der Waals surface area contributed by atoms with Crippen molar-refractivity contribution in [2.45, 2.75) is 39.3 Å². The van der Waals surface area contributed by atoms with E-state index in [1.807, 2.05) is 20.8 Å². The normalized spacial score (nSPS) is 17.3. The van der Waals surface area contributed by atoms with E-state index >= 15 is 0 Å². The van der Waals surface area contributed by atoms with Crippen LogP contribution in [0.2, 0.25) is 0 Å². The average molecular weight is 220 g/mol. The molecule has 0 saturated carbocycles. The molecule has 0 saturated heterocycles. The van der Waals surface area contributed by atoms with Crippen LogP contribution in [0.15, 0.2) is 6.07 Å². The van der Waals surface area contributed by atoms with E-state index in [-0.39, 0.29) is 0 Å². The minimum atomic E-state index is -0.803. The van der Waals surface area contributed by atoms with E-state index in [2.05, 4.69) is 23.0 Å². The van der Waals surface area contributed by atoms with Crippen molar-refractivity contribution in [2.75, 3.05) is 13.6 Å². The van der Waals surface area contributed by atoms with Crippen LogP contribution >= 0.6 is 0 Å². The molecule has 0 aliphatic carbocycles. The van der Waals surface area contributed by atoms with E-state index in [0.717, 1.165) is 30.8 Å². The number of aliphatic hydroxyl groups is 1. The smallest absolute Gasteiger partial charge is 0.0858 e. The molecular weight excluding hydrogens is 200 g/mol. The average Bonchev–Trinajstić information content (AvgIpc) is 2.16. The Morgan fingerprint density at radius 2 is 2.12 bits per heavy atom. The van der Waals surface area contributed by atoms with Gasteiger partial charge in [-0.15, -0.1) is 0 Å². The zero-order valence-corrected chi connectivity index (χ0v) is 10.5. The molecule has 3 nitrogen and oxygen atoms in total. The van der Waals surface area contributed by atoms with Crippen LogP contribution in [0.1, 0.15) is 36.4 Å². The Hall–Kier alpha value is -0.930. The second kappa shape index (κ2) is 3.82. The summed E-state index contributed by atoms with van der Waals surface area (Å²) in [6, 6.07) is 2.12. The Morgan fingerprint density at radius 3 is 2.75 bits per heavy atom. The Bertz CT molecular complexity index is 407. The maximum Gasteiger partial charge on any atom is 0.0858 e. The number of pyridine rings is 1. The lowest BCUT2D eigenvalue weighted by Crippen LogP contribution is -2.29. The summed E-state index contributed by atoms with van der Waals surface area (Å²) < 4.78 is 0. The van der Waals surface area contributed by atoms with Gasteiger partial charge in [0.05, 0.1) is 5.60 Å². The molecule has 3 heteroatoms. The van der Waals surface area contributed by atoms with Gasteiger partial charge in [0.25, 0.3) is 0 Å². The largest absolute Gasteiger partial charge is 0.386 e. The standard InChI is InChI=1S/C13H20N2O/c1-9-11(13(2,3)16)7-10-8-15(4)6-5-12(10)14-9/h7,16H,5-6,8H2,1-4H3. The number of aromatic nitrogens is 1. The van der Waals surface area contributed by atoms with Crippen molar-refractivity contribution in [3.05, 3.63) is 28.6 Å². The molecule has 2 heterocycles. The summed E-state index contributed by atoms with van der Waals surface area (Å²) in [4.78, 5) is 6.91.